The van der Waals surface area contributed by atoms with E-state index in [0.717, 1.165) is 5.56 Å². The van der Waals surface area contributed by atoms with Gasteiger partial charge in [0.1, 0.15) is 11.4 Å². The highest BCUT2D eigenvalue weighted by molar-refractivity contribution is 6.01. The molecule has 1 aromatic heterocycles. The van der Waals surface area contributed by atoms with E-state index in [1.807, 2.05) is 19.9 Å². The first-order valence-electron chi connectivity index (χ1n) is 8.27. The van der Waals surface area contributed by atoms with Crippen LogP contribution in [0.1, 0.15) is 19.4 Å². The monoisotopic (exact) mass is 355 g/mol. The van der Waals surface area contributed by atoms with Crippen LogP contribution < -0.4 is 27.3 Å². The summed E-state index contributed by atoms with van der Waals surface area (Å²) < 4.78 is 5.37. The Morgan fingerprint density at radius 1 is 1.23 bits per heavy atom. The van der Waals surface area contributed by atoms with Crippen molar-refractivity contribution in [1.82, 2.24) is 10.3 Å². The maximum Gasteiger partial charge on any atom is 0.269 e. The van der Waals surface area contributed by atoms with E-state index in [1.165, 1.54) is 0 Å². The molecule has 26 heavy (non-hydrogen) atoms. The lowest BCUT2D eigenvalue weighted by Crippen LogP contribution is -2.33. The Morgan fingerprint density at radius 3 is 2.62 bits per heavy atom. The Labute approximate surface area is 153 Å². The molecule has 0 bridgehead atoms. The molecule has 0 fully saturated rings. The van der Waals surface area contributed by atoms with Gasteiger partial charge in [-0.25, -0.2) is 0 Å². The molecule has 0 aliphatic heterocycles. The van der Waals surface area contributed by atoms with Crippen molar-refractivity contribution in [3.05, 3.63) is 47.9 Å². The molecule has 1 amide bonds. The van der Waals surface area contributed by atoms with Crippen molar-refractivity contribution in [2.24, 2.45) is 17.4 Å². The van der Waals surface area contributed by atoms with Gasteiger partial charge in [0.05, 0.1) is 12.8 Å². The lowest BCUT2D eigenvalue weighted by molar-refractivity contribution is -0.117. The number of aromatic nitrogens is 1. The van der Waals surface area contributed by atoms with E-state index in [1.54, 1.807) is 37.7 Å². The van der Waals surface area contributed by atoms with E-state index in [-0.39, 0.29) is 11.4 Å². The minimum Gasteiger partial charge on any atom is -0.496 e. The summed E-state index contributed by atoms with van der Waals surface area (Å²) in [6.45, 7) is 4.49. The summed E-state index contributed by atoms with van der Waals surface area (Å²) in [5.74, 6) is 0.522. The summed E-state index contributed by atoms with van der Waals surface area (Å²) in [5.41, 5.74) is 20.8. The molecule has 0 spiro atoms. The Kier molecular flexibility index (Phi) is 6.06. The third-order valence-corrected chi connectivity index (χ3v) is 3.89. The summed E-state index contributed by atoms with van der Waals surface area (Å²) in [4.78, 5) is 16.3. The van der Waals surface area contributed by atoms with Crippen LogP contribution in [0.5, 0.6) is 5.75 Å². The molecule has 7 nitrogen and oxygen atoms in total. The van der Waals surface area contributed by atoms with E-state index >= 15 is 0 Å². The van der Waals surface area contributed by atoms with Gasteiger partial charge < -0.3 is 27.3 Å². The molecule has 0 radical (unpaired) electrons. The third kappa shape index (κ3) is 4.05. The number of pyridine rings is 1. The van der Waals surface area contributed by atoms with E-state index in [9.17, 15) is 4.79 Å². The van der Waals surface area contributed by atoms with Crippen molar-refractivity contribution < 1.29 is 9.53 Å². The van der Waals surface area contributed by atoms with Gasteiger partial charge in [-0.1, -0.05) is 32.0 Å². The molecule has 0 aliphatic rings. The minimum absolute atomic E-state index is 0.0624. The van der Waals surface area contributed by atoms with Gasteiger partial charge in [0, 0.05) is 41.3 Å². The van der Waals surface area contributed by atoms with E-state index in [4.69, 9.17) is 21.9 Å². The number of rotatable bonds is 6. The zero-order chi connectivity index (χ0) is 19.3. The second-order valence-electron chi connectivity index (χ2n) is 6.27. The molecule has 7 heteroatoms. The van der Waals surface area contributed by atoms with E-state index < -0.39 is 5.91 Å². The number of nitrogens with zero attached hydrogens (tertiary/aromatic N) is 1. The van der Waals surface area contributed by atoms with E-state index in [0.29, 0.717) is 35.0 Å². The fraction of sp³-hybridized carbons (Fsp3) is 0.263. The number of carbonyl (C=O) groups is 1. The maximum atomic E-state index is 12.2. The molecule has 1 aromatic carbocycles. The fourth-order valence-corrected chi connectivity index (χ4v) is 2.46. The molecule has 1 heterocycles. The molecule has 138 valence electrons. The second-order valence-corrected chi connectivity index (χ2v) is 6.27. The fourth-order valence-electron chi connectivity index (χ4n) is 2.46. The van der Waals surface area contributed by atoms with Gasteiger partial charge in [0.15, 0.2) is 0 Å². The van der Waals surface area contributed by atoms with Crippen LogP contribution in [0.3, 0.4) is 0 Å². The second kappa shape index (κ2) is 8.24. The van der Waals surface area contributed by atoms with Crippen LogP contribution in [0.25, 0.3) is 16.8 Å². The van der Waals surface area contributed by atoms with Crippen LogP contribution in [-0.2, 0) is 4.79 Å². The summed E-state index contributed by atoms with van der Waals surface area (Å²) in [6, 6.07) is 7.09. The number of ether oxygens (including phenoxy) is 1. The first-order valence-corrected chi connectivity index (χ1v) is 8.27. The molecule has 7 N–H and O–H groups in total. The van der Waals surface area contributed by atoms with E-state index in [2.05, 4.69) is 10.3 Å². The average molecular weight is 355 g/mol. The summed E-state index contributed by atoms with van der Waals surface area (Å²) >= 11 is 0. The first kappa shape index (κ1) is 19.1. The predicted octanol–water partition coefficient (Wildman–Crippen LogP) is 1.70. The van der Waals surface area contributed by atoms with Crippen LogP contribution in [0, 0.1) is 5.92 Å². The Bertz CT molecular complexity index is 830. The predicted molar refractivity (Wildman–Crippen MR) is 104 cm³/mol. The van der Waals surface area contributed by atoms with Crippen molar-refractivity contribution >= 4 is 17.3 Å². The maximum absolute atomic E-state index is 12.2. The van der Waals surface area contributed by atoms with Gasteiger partial charge in [-0.15, -0.1) is 0 Å². The molecular weight excluding hydrogens is 330 g/mol. The van der Waals surface area contributed by atoms with Crippen LogP contribution >= 0.6 is 0 Å². The zero-order valence-corrected chi connectivity index (χ0v) is 15.2. The number of hydrogen-bond acceptors (Lipinski definition) is 6. The lowest BCUT2D eigenvalue weighted by Gasteiger charge is -2.15. The van der Waals surface area contributed by atoms with Gasteiger partial charge in [-0.05, 0) is 12.0 Å². The minimum atomic E-state index is -0.417. The van der Waals surface area contributed by atoms with Gasteiger partial charge in [-0.2, -0.15) is 0 Å². The summed E-state index contributed by atoms with van der Waals surface area (Å²) in [6.07, 6.45) is 3.29. The quantitative estimate of drug-likeness (QED) is 0.461. The number of hydrogen-bond donors (Lipinski definition) is 4. The van der Waals surface area contributed by atoms with Gasteiger partial charge >= 0.3 is 0 Å². The van der Waals surface area contributed by atoms with Gasteiger partial charge in [0.25, 0.3) is 5.91 Å². The number of nitrogens with two attached hydrogens (primary N) is 3. The largest absolute Gasteiger partial charge is 0.496 e. The van der Waals surface area contributed by atoms with Crippen molar-refractivity contribution in [3.8, 4) is 16.9 Å². The Morgan fingerprint density at radius 2 is 1.96 bits per heavy atom. The van der Waals surface area contributed by atoms with Gasteiger partial charge in [0.2, 0.25) is 0 Å². The summed E-state index contributed by atoms with van der Waals surface area (Å²) in [7, 11) is 1.57. The highest BCUT2D eigenvalue weighted by atomic mass is 16.5. The topological polar surface area (TPSA) is 129 Å². The highest BCUT2D eigenvalue weighted by Crippen LogP contribution is 2.36. The number of amides is 1. The van der Waals surface area contributed by atoms with Crippen LogP contribution in [0.4, 0.5) is 5.69 Å². The van der Waals surface area contributed by atoms with Crippen molar-refractivity contribution in [1.29, 1.82) is 0 Å². The summed E-state index contributed by atoms with van der Waals surface area (Å²) in [5, 5.41) is 2.74. The van der Waals surface area contributed by atoms with Crippen molar-refractivity contribution in [2.75, 3.05) is 19.4 Å². The molecule has 0 atom stereocenters. The highest BCUT2D eigenvalue weighted by Gasteiger charge is 2.17. The van der Waals surface area contributed by atoms with Crippen LogP contribution in [-0.4, -0.2) is 24.5 Å². The molecule has 0 unspecified atom stereocenters. The number of para-hydroxylation sites is 1. The number of methoxy groups -OCH3 is 1. The molecule has 0 saturated carbocycles. The Hall–Kier alpha value is -3.22. The standard InChI is InChI=1S/C19H25N5O2/c1-11(2)9-24-19(25)18(22)17(21)13-6-4-5-12(16(13)20)14-10-23-8-7-15(14)26-3/h4-8,10-11H,9,20-22H2,1-3H3,(H,24,25)/b18-17+. The number of nitrogen functional groups attached to an aromatic ring is 1. The lowest BCUT2D eigenvalue weighted by atomic mass is 9.98. The SMILES string of the molecule is COc1ccncc1-c1cccc(/C(N)=C(\N)C(=O)NCC(C)C)c1N. The smallest absolute Gasteiger partial charge is 0.269 e. The number of benzene rings is 1. The van der Waals surface area contributed by atoms with Crippen LogP contribution in [0.15, 0.2) is 42.4 Å². The zero-order valence-electron chi connectivity index (χ0n) is 15.2. The normalized spacial score (nSPS) is 11.8. The molecule has 0 aliphatic carbocycles. The number of nitrogens with one attached hydrogen (secondary N) is 1. The van der Waals surface area contributed by atoms with Crippen LogP contribution in [0.2, 0.25) is 0 Å². The number of anilines is 1. The number of carbonyl (C=O) groups excluding carboxylic acids is 1. The average Bonchev–Trinajstić information content (AvgIpc) is 2.65. The molecule has 2 aromatic rings. The van der Waals surface area contributed by atoms with Gasteiger partial charge in [-0.3, -0.25) is 9.78 Å². The Balaban J connectivity index is 2.45. The molecule has 0 saturated heterocycles. The third-order valence-electron chi connectivity index (χ3n) is 3.89. The first-order chi connectivity index (χ1) is 12.4. The van der Waals surface area contributed by atoms with Crippen molar-refractivity contribution in [3.63, 3.8) is 0 Å². The molecular formula is C19H25N5O2. The van der Waals surface area contributed by atoms with Crippen molar-refractivity contribution in [2.45, 2.75) is 13.8 Å². The molecule has 2 rings (SSSR count).